The first-order valence-electron chi connectivity index (χ1n) is 3.63. The van der Waals surface area contributed by atoms with Gasteiger partial charge in [0.15, 0.2) is 0 Å². The number of likely N-dealkylation sites (N-methyl/N-ethyl adjacent to an activating group) is 1. The third-order valence-corrected chi connectivity index (χ3v) is 2.96. The van der Waals surface area contributed by atoms with Crippen LogP contribution in [0.4, 0.5) is 0 Å². The van der Waals surface area contributed by atoms with E-state index >= 15 is 0 Å². The first kappa shape index (κ1) is 11.7. The third-order valence-electron chi connectivity index (χ3n) is 1.49. The van der Waals surface area contributed by atoms with E-state index in [4.69, 9.17) is 17.3 Å². The Kier molecular flexibility index (Phi) is 5.24. The summed E-state index contributed by atoms with van der Waals surface area (Å²) >= 11 is 6.48. The molecule has 0 saturated carbocycles. The highest BCUT2D eigenvalue weighted by Gasteiger charge is 2.18. The second-order valence-electron chi connectivity index (χ2n) is 2.32. The van der Waals surface area contributed by atoms with Crippen molar-refractivity contribution in [2.45, 2.75) is 19.9 Å². The second kappa shape index (κ2) is 5.37. The minimum atomic E-state index is -0.850. The van der Waals surface area contributed by atoms with Gasteiger partial charge in [-0.2, -0.15) is 0 Å². The maximum absolute atomic E-state index is 10.5. The Bertz CT molecular complexity index is 184. The molecule has 0 bridgehead atoms. The summed E-state index contributed by atoms with van der Waals surface area (Å²) in [5, 5.41) is 8.66. The zero-order chi connectivity index (χ0) is 9.72. The Hall–Kier alpha value is -0.290. The average molecular weight is 207 g/mol. The number of hydrogen-bond donors (Lipinski definition) is 1. The molecule has 1 atom stereocenters. The standard InChI is InChI=1S/C7H13NO2S2/c1-4-12-7(11)8(3)5(2)6(9)10/h5H,4H2,1-3H3,(H,9,10)/t5-/m0/s1. The first-order valence-corrected chi connectivity index (χ1v) is 5.02. The van der Waals surface area contributed by atoms with E-state index in [1.807, 2.05) is 6.92 Å². The largest absolute Gasteiger partial charge is 0.480 e. The van der Waals surface area contributed by atoms with Crippen molar-refractivity contribution in [3.05, 3.63) is 0 Å². The molecule has 0 rings (SSSR count). The van der Waals surface area contributed by atoms with Crippen molar-refractivity contribution in [2.75, 3.05) is 12.8 Å². The highest BCUT2D eigenvalue weighted by atomic mass is 32.2. The summed E-state index contributed by atoms with van der Waals surface area (Å²) in [6.45, 7) is 3.60. The minimum absolute atomic E-state index is 0.545. The van der Waals surface area contributed by atoms with Crippen LogP contribution < -0.4 is 0 Å². The molecule has 0 aromatic heterocycles. The van der Waals surface area contributed by atoms with Gasteiger partial charge in [-0.3, -0.25) is 0 Å². The summed E-state index contributed by atoms with van der Waals surface area (Å²) < 4.78 is 0.632. The van der Waals surface area contributed by atoms with Crippen LogP contribution in [-0.4, -0.2) is 39.1 Å². The lowest BCUT2D eigenvalue weighted by molar-refractivity contribution is -0.140. The van der Waals surface area contributed by atoms with Gasteiger partial charge < -0.3 is 10.0 Å². The Labute approximate surface area is 82.1 Å². The van der Waals surface area contributed by atoms with Gasteiger partial charge in [0.05, 0.1) is 0 Å². The third kappa shape index (κ3) is 3.40. The fraction of sp³-hybridized carbons (Fsp3) is 0.714. The van der Waals surface area contributed by atoms with Crippen molar-refractivity contribution in [1.82, 2.24) is 4.90 Å². The zero-order valence-corrected chi connectivity index (χ0v) is 9.04. The van der Waals surface area contributed by atoms with Gasteiger partial charge >= 0.3 is 5.97 Å². The highest BCUT2D eigenvalue weighted by molar-refractivity contribution is 8.22. The predicted molar refractivity (Wildman–Crippen MR) is 55.6 cm³/mol. The van der Waals surface area contributed by atoms with Crippen molar-refractivity contribution < 1.29 is 9.90 Å². The summed E-state index contributed by atoms with van der Waals surface area (Å²) in [7, 11) is 1.70. The van der Waals surface area contributed by atoms with E-state index < -0.39 is 12.0 Å². The molecule has 0 aliphatic carbocycles. The Balaban J connectivity index is 4.09. The number of rotatable bonds is 3. The van der Waals surface area contributed by atoms with Crippen LogP contribution in [0.25, 0.3) is 0 Å². The smallest absolute Gasteiger partial charge is 0.326 e. The van der Waals surface area contributed by atoms with E-state index in [1.165, 1.54) is 11.8 Å². The maximum Gasteiger partial charge on any atom is 0.326 e. The lowest BCUT2D eigenvalue weighted by Crippen LogP contribution is -2.38. The van der Waals surface area contributed by atoms with Gasteiger partial charge in [-0.1, -0.05) is 30.9 Å². The van der Waals surface area contributed by atoms with Gasteiger partial charge in [-0.05, 0) is 12.7 Å². The number of aliphatic carboxylic acids is 1. The SMILES string of the molecule is CCSC(=S)N(C)[C@@H](C)C(=O)O. The second-order valence-corrected chi connectivity index (χ2v) is 4.22. The van der Waals surface area contributed by atoms with Crippen molar-refractivity contribution in [3.63, 3.8) is 0 Å². The molecule has 0 aromatic carbocycles. The number of thioether (sulfide) groups is 1. The van der Waals surface area contributed by atoms with Crippen LogP contribution in [0.2, 0.25) is 0 Å². The predicted octanol–water partition coefficient (Wildman–Crippen LogP) is 1.43. The molecule has 0 aliphatic heterocycles. The van der Waals surface area contributed by atoms with Gasteiger partial charge in [0.25, 0.3) is 0 Å². The number of carboxylic acids is 1. The van der Waals surface area contributed by atoms with Gasteiger partial charge in [0, 0.05) is 7.05 Å². The fourth-order valence-corrected chi connectivity index (χ4v) is 1.67. The quantitative estimate of drug-likeness (QED) is 0.709. The summed E-state index contributed by atoms with van der Waals surface area (Å²) in [5.41, 5.74) is 0. The fourth-order valence-electron chi connectivity index (χ4n) is 0.549. The van der Waals surface area contributed by atoms with Crippen LogP contribution in [0.3, 0.4) is 0 Å². The molecule has 0 radical (unpaired) electrons. The molecule has 12 heavy (non-hydrogen) atoms. The Morgan fingerprint density at radius 2 is 2.25 bits per heavy atom. The molecule has 0 fully saturated rings. The number of hydrogen-bond acceptors (Lipinski definition) is 3. The highest BCUT2D eigenvalue weighted by Crippen LogP contribution is 2.09. The lowest BCUT2D eigenvalue weighted by Gasteiger charge is -2.22. The number of thiocarbonyl (C=S) groups is 1. The van der Waals surface area contributed by atoms with Crippen LogP contribution in [0.15, 0.2) is 0 Å². The number of carbonyl (C=O) groups is 1. The van der Waals surface area contributed by atoms with E-state index in [-0.39, 0.29) is 0 Å². The average Bonchev–Trinajstić information content (AvgIpc) is 2.02. The van der Waals surface area contributed by atoms with Gasteiger partial charge in [-0.25, -0.2) is 4.79 Å². The molecular formula is C7H13NO2S2. The summed E-state index contributed by atoms with van der Waals surface area (Å²) in [6.07, 6.45) is 0. The number of carboxylic acid groups (broad SMARTS) is 1. The molecule has 0 aromatic rings. The topological polar surface area (TPSA) is 40.5 Å². The molecule has 0 saturated heterocycles. The Morgan fingerprint density at radius 3 is 2.58 bits per heavy atom. The van der Waals surface area contributed by atoms with Crippen LogP contribution in [0, 0.1) is 0 Å². The van der Waals surface area contributed by atoms with Crippen LogP contribution in [-0.2, 0) is 4.79 Å². The van der Waals surface area contributed by atoms with Crippen LogP contribution in [0.5, 0.6) is 0 Å². The summed E-state index contributed by atoms with van der Waals surface area (Å²) in [6, 6.07) is -0.545. The number of nitrogens with zero attached hydrogens (tertiary/aromatic N) is 1. The van der Waals surface area contributed by atoms with Crippen molar-refractivity contribution in [2.24, 2.45) is 0 Å². The molecule has 0 amide bonds. The molecule has 0 heterocycles. The summed E-state index contributed by atoms with van der Waals surface area (Å²) in [4.78, 5) is 12.1. The molecule has 70 valence electrons. The molecule has 0 spiro atoms. The molecule has 1 N–H and O–H groups in total. The minimum Gasteiger partial charge on any atom is -0.480 e. The molecule has 0 aliphatic rings. The van der Waals surface area contributed by atoms with Crippen molar-refractivity contribution >= 4 is 34.3 Å². The molecule has 5 heteroatoms. The summed E-state index contributed by atoms with van der Waals surface area (Å²) in [5.74, 6) is 0.0201. The van der Waals surface area contributed by atoms with E-state index in [1.54, 1.807) is 18.9 Å². The monoisotopic (exact) mass is 207 g/mol. The molecule has 0 unspecified atom stereocenters. The Morgan fingerprint density at radius 1 is 1.75 bits per heavy atom. The molecule has 3 nitrogen and oxygen atoms in total. The maximum atomic E-state index is 10.5. The zero-order valence-electron chi connectivity index (χ0n) is 7.40. The van der Waals surface area contributed by atoms with E-state index in [0.29, 0.717) is 4.32 Å². The first-order chi connectivity index (χ1) is 5.50. The van der Waals surface area contributed by atoms with Crippen molar-refractivity contribution in [3.8, 4) is 0 Å². The van der Waals surface area contributed by atoms with Crippen molar-refractivity contribution in [1.29, 1.82) is 0 Å². The van der Waals surface area contributed by atoms with Gasteiger partial charge in [0.2, 0.25) is 0 Å². The molecular weight excluding hydrogens is 194 g/mol. The van der Waals surface area contributed by atoms with Gasteiger partial charge in [-0.15, -0.1) is 0 Å². The van der Waals surface area contributed by atoms with Crippen LogP contribution >= 0.6 is 24.0 Å². The van der Waals surface area contributed by atoms with Gasteiger partial charge in [0.1, 0.15) is 10.4 Å². The lowest BCUT2D eigenvalue weighted by atomic mass is 10.3. The van der Waals surface area contributed by atoms with E-state index in [0.717, 1.165) is 5.75 Å². The normalized spacial score (nSPS) is 12.2. The van der Waals surface area contributed by atoms with E-state index in [9.17, 15) is 4.79 Å². The van der Waals surface area contributed by atoms with Crippen LogP contribution in [0.1, 0.15) is 13.8 Å². The van der Waals surface area contributed by atoms with E-state index in [2.05, 4.69) is 0 Å².